The van der Waals surface area contributed by atoms with E-state index in [9.17, 15) is 0 Å². The molecule has 0 bridgehead atoms. The minimum Gasteiger partial charge on any atom is -0.382 e. The maximum Gasteiger partial charge on any atom is 0.193 e. The highest BCUT2D eigenvalue weighted by Crippen LogP contribution is 2.29. The molecule has 1 saturated carbocycles. The summed E-state index contributed by atoms with van der Waals surface area (Å²) in [6.07, 6.45) is 2.46. The summed E-state index contributed by atoms with van der Waals surface area (Å²) in [6, 6.07) is 0.635. The van der Waals surface area contributed by atoms with Crippen LogP contribution in [0.15, 0.2) is 4.99 Å². The standard InChI is InChI=1S/C14H27N3O2.HI/c1-11-8-13(11)16-14(15-2)17-5-4-12(9-17)10-19-7-6-18-3;/h11-13H,4-10H2,1-3H3,(H,15,16);1H. The van der Waals surface area contributed by atoms with E-state index >= 15 is 0 Å². The average molecular weight is 397 g/mol. The van der Waals surface area contributed by atoms with Crippen molar-refractivity contribution >= 4 is 29.9 Å². The van der Waals surface area contributed by atoms with E-state index in [4.69, 9.17) is 9.47 Å². The quantitative estimate of drug-likeness (QED) is 0.320. The van der Waals surface area contributed by atoms with E-state index in [1.807, 2.05) is 7.05 Å². The summed E-state index contributed by atoms with van der Waals surface area (Å²) < 4.78 is 10.6. The molecule has 20 heavy (non-hydrogen) atoms. The number of halogens is 1. The summed E-state index contributed by atoms with van der Waals surface area (Å²) in [5, 5.41) is 3.54. The van der Waals surface area contributed by atoms with Crippen LogP contribution in [-0.4, -0.2) is 64.0 Å². The molecule has 0 radical (unpaired) electrons. The van der Waals surface area contributed by atoms with Crippen LogP contribution in [0.5, 0.6) is 0 Å². The molecular weight excluding hydrogens is 369 g/mol. The van der Waals surface area contributed by atoms with Crippen molar-refractivity contribution < 1.29 is 9.47 Å². The molecule has 3 atom stereocenters. The lowest BCUT2D eigenvalue weighted by Crippen LogP contribution is -2.41. The van der Waals surface area contributed by atoms with Crippen LogP contribution in [-0.2, 0) is 9.47 Å². The molecule has 1 heterocycles. The summed E-state index contributed by atoms with van der Waals surface area (Å²) in [4.78, 5) is 6.76. The third-order valence-electron chi connectivity index (χ3n) is 4.01. The summed E-state index contributed by atoms with van der Waals surface area (Å²) in [7, 11) is 3.58. The lowest BCUT2D eigenvalue weighted by Gasteiger charge is -2.21. The predicted octanol–water partition coefficient (Wildman–Crippen LogP) is 1.57. The molecule has 3 unspecified atom stereocenters. The van der Waals surface area contributed by atoms with Crippen LogP contribution in [0, 0.1) is 11.8 Å². The Kier molecular flexibility index (Phi) is 8.13. The van der Waals surface area contributed by atoms with E-state index in [1.165, 1.54) is 12.8 Å². The molecule has 2 aliphatic rings. The topological polar surface area (TPSA) is 46.1 Å². The molecule has 2 fully saturated rings. The number of rotatable bonds is 6. The van der Waals surface area contributed by atoms with Gasteiger partial charge in [-0.3, -0.25) is 4.99 Å². The Balaban J connectivity index is 0.00000200. The fourth-order valence-corrected chi connectivity index (χ4v) is 2.54. The smallest absolute Gasteiger partial charge is 0.193 e. The molecule has 118 valence electrons. The Bertz CT molecular complexity index is 315. The van der Waals surface area contributed by atoms with Crippen molar-refractivity contribution in [1.82, 2.24) is 10.2 Å². The minimum atomic E-state index is 0. The van der Waals surface area contributed by atoms with Crippen LogP contribution in [0.3, 0.4) is 0 Å². The first-order chi connectivity index (χ1) is 9.24. The Morgan fingerprint density at radius 2 is 2.15 bits per heavy atom. The van der Waals surface area contributed by atoms with E-state index in [0.29, 0.717) is 25.2 Å². The first-order valence-electron chi connectivity index (χ1n) is 7.29. The number of guanidine groups is 1. The van der Waals surface area contributed by atoms with Crippen LogP contribution >= 0.6 is 24.0 Å². The molecule has 2 rings (SSSR count). The third kappa shape index (κ3) is 5.37. The van der Waals surface area contributed by atoms with Crippen molar-refractivity contribution in [3.63, 3.8) is 0 Å². The van der Waals surface area contributed by atoms with Crippen LogP contribution < -0.4 is 5.32 Å². The number of aliphatic imine (C=N–C) groups is 1. The Morgan fingerprint density at radius 3 is 2.75 bits per heavy atom. The number of nitrogens with zero attached hydrogens (tertiary/aromatic N) is 2. The molecule has 0 aromatic heterocycles. The zero-order valence-corrected chi connectivity index (χ0v) is 15.1. The van der Waals surface area contributed by atoms with Gasteiger partial charge < -0.3 is 19.7 Å². The van der Waals surface area contributed by atoms with Crippen LogP contribution in [0.2, 0.25) is 0 Å². The molecule has 1 aliphatic heterocycles. The molecule has 0 amide bonds. The van der Waals surface area contributed by atoms with Gasteiger partial charge in [-0.05, 0) is 18.8 Å². The maximum atomic E-state index is 5.62. The zero-order valence-electron chi connectivity index (χ0n) is 12.8. The second-order valence-corrected chi connectivity index (χ2v) is 5.68. The highest BCUT2D eigenvalue weighted by Gasteiger charge is 2.35. The Morgan fingerprint density at radius 1 is 1.40 bits per heavy atom. The minimum absolute atomic E-state index is 0. The molecule has 5 nitrogen and oxygen atoms in total. The van der Waals surface area contributed by atoms with Crippen molar-refractivity contribution in [2.45, 2.75) is 25.8 Å². The van der Waals surface area contributed by atoms with Gasteiger partial charge in [0.05, 0.1) is 19.8 Å². The first-order valence-corrected chi connectivity index (χ1v) is 7.29. The van der Waals surface area contributed by atoms with Gasteiger partial charge in [0, 0.05) is 39.2 Å². The van der Waals surface area contributed by atoms with Gasteiger partial charge in [-0.15, -0.1) is 24.0 Å². The number of hydrogen-bond donors (Lipinski definition) is 1. The summed E-state index contributed by atoms with van der Waals surface area (Å²) in [6.45, 7) is 6.61. The molecular formula is C14H28IN3O2. The molecule has 1 N–H and O–H groups in total. The number of likely N-dealkylation sites (tertiary alicyclic amines) is 1. The molecule has 1 saturated heterocycles. The van der Waals surface area contributed by atoms with Crippen LogP contribution in [0.1, 0.15) is 19.8 Å². The normalized spacial score (nSPS) is 29.2. The number of nitrogens with one attached hydrogen (secondary N) is 1. The van der Waals surface area contributed by atoms with Gasteiger partial charge in [0.25, 0.3) is 0 Å². The Labute approximate surface area is 139 Å². The van der Waals surface area contributed by atoms with Crippen molar-refractivity contribution in [3.05, 3.63) is 0 Å². The highest BCUT2D eigenvalue weighted by atomic mass is 127. The maximum absolute atomic E-state index is 5.62. The molecule has 0 spiro atoms. The van der Waals surface area contributed by atoms with Gasteiger partial charge in [0.2, 0.25) is 0 Å². The lowest BCUT2D eigenvalue weighted by atomic mass is 10.1. The molecule has 6 heteroatoms. The van der Waals surface area contributed by atoms with Crippen LogP contribution in [0.25, 0.3) is 0 Å². The second kappa shape index (κ2) is 9.04. The monoisotopic (exact) mass is 397 g/mol. The van der Waals surface area contributed by atoms with Gasteiger partial charge in [0.1, 0.15) is 0 Å². The van der Waals surface area contributed by atoms with Crippen molar-refractivity contribution in [2.75, 3.05) is 47.1 Å². The fraction of sp³-hybridized carbons (Fsp3) is 0.929. The predicted molar refractivity (Wildman–Crippen MR) is 91.9 cm³/mol. The summed E-state index contributed by atoms with van der Waals surface area (Å²) >= 11 is 0. The summed E-state index contributed by atoms with van der Waals surface area (Å²) in [5.41, 5.74) is 0. The average Bonchev–Trinajstić information content (AvgIpc) is 2.91. The van der Waals surface area contributed by atoms with Crippen molar-refractivity contribution in [3.8, 4) is 0 Å². The van der Waals surface area contributed by atoms with Gasteiger partial charge in [-0.25, -0.2) is 0 Å². The van der Waals surface area contributed by atoms with E-state index < -0.39 is 0 Å². The number of ether oxygens (including phenoxy) is 2. The van der Waals surface area contributed by atoms with Crippen molar-refractivity contribution in [1.29, 1.82) is 0 Å². The van der Waals surface area contributed by atoms with Gasteiger partial charge in [-0.2, -0.15) is 0 Å². The van der Waals surface area contributed by atoms with E-state index in [-0.39, 0.29) is 24.0 Å². The highest BCUT2D eigenvalue weighted by molar-refractivity contribution is 14.0. The lowest BCUT2D eigenvalue weighted by molar-refractivity contribution is 0.0536. The SMILES string of the molecule is CN=C(NC1CC1C)N1CCC(COCCOC)C1.I. The van der Waals surface area contributed by atoms with Gasteiger partial charge >= 0.3 is 0 Å². The third-order valence-corrected chi connectivity index (χ3v) is 4.01. The number of methoxy groups -OCH3 is 1. The van der Waals surface area contributed by atoms with E-state index in [0.717, 1.165) is 31.6 Å². The summed E-state index contributed by atoms with van der Waals surface area (Å²) in [5.74, 6) is 2.48. The van der Waals surface area contributed by atoms with Gasteiger partial charge in [0.15, 0.2) is 5.96 Å². The fourth-order valence-electron chi connectivity index (χ4n) is 2.54. The molecule has 1 aliphatic carbocycles. The molecule has 0 aromatic carbocycles. The largest absolute Gasteiger partial charge is 0.382 e. The first kappa shape index (κ1) is 18.0. The van der Waals surface area contributed by atoms with Gasteiger partial charge in [-0.1, -0.05) is 6.92 Å². The van der Waals surface area contributed by atoms with Crippen molar-refractivity contribution in [2.24, 2.45) is 16.8 Å². The van der Waals surface area contributed by atoms with E-state index in [1.54, 1.807) is 7.11 Å². The van der Waals surface area contributed by atoms with E-state index in [2.05, 4.69) is 22.1 Å². The zero-order chi connectivity index (χ0) is 13.7. The number of hydrogen-bond acceptors (Lipinski definition) is 3. The van der Waals surface area contributed by atoms with Crippen LogP contribution in [0.4, 0.5) is 0 Å². The second-order valence-electron chi connectivity index (χ2n) is 5.68. The Hall–Kier alpha value is -0.0800. The molecule has 0 aromatic rings.